The molecular formula is C16H26O5. The molecule has 1 unspecified atom stereocenters. The lowest BCUT2D eigenvalue weighted by Crippen LogP contribution is -2.23. The van der Waals surface area contributed by atoms with Crippen molar-refractivity contribution in [1.29, 1.82) is 0 Å². The van der Waals surface area contributed by atoms with Gasteiger partial charge in [0.15, 0.2) is 11.5 Å². The fraction of sp³-hybridized carbons (Fsp3) is 0.625. The largest absolute Gasteiger partial charge is 0.487 e. The number of ether oxygens (including phenoxy) is 5. The van der Waals surface area contributed by atoms with Gasteiger partial charge in [-0.05, 0) is 46.8 Å². The molecule has 1 aromatic carbocycles. The van der Waals surface area contributed by atoms with Gasteiger partial charge in [-0.25, -0.2) is 0 Å². The van der Waals surface area contributed by atoms with Crippen LogP contribution in [0.2, 0.25) is 0 Å². The van der Waals surface area contributed by atoms with Crippen LogP contribution in [0.1, 0.15) is 34.6 Å². The van der Waals surface area contributed by atoms with Crippen LogP contribution >= 0.6 is 0 Å². The van der Waals surface area contributed by atoms with Crippen molar-refractivity contribution in [2.24, 2.45) is 0 Å². The van der Waals surface area contributed by atoms with Crippen LogP contribution in [0.5, 0.6) is 17.2 Å². The molecule has 0 aliphatic carbocycles. The molecule has 0 N–H and O–H groups in total. The summed E-state index contributed by atoms with van der Waals surface area (Å²) < 4.78 is 27.8. The van der Waals surface area contributed by atoms with E-state index >= 15 is 0 Å². The zero-order valence-corrected chi connectivity index (χ0v) is 13.7. The van der Waals surface area contributed by atoms with Gasteiger partial charge in [-0.3, -0.25) is 0 Å². The highest BCUT2D eigenvalue weighted by molar-refractivity contribution is 5.51. The summed E-state index contributed by atoms with van der Waals surface area (Å²) in [6, 6.07) is 5.50. The minimum Gasteiger partial charge on any atom is -0.487 e. The number of para-hydroxylation sites is 1. The Balaban J connectivity index is 3.04. The first-order valence-corrected chi connectivity index (χ1v) is 7.25. The predicted octanol–water partition coefficient (Wildman–Crippen LogP) is 3.61. The molecule has 0 fully saturated rings. The lowest BCUT2D eigenvalue weighted by atomic mass is 10.3. The van der Waals surface area contributed by atoms with Gasteiger partial charge in [-0.2, -0.15) is 0 Å². The Morgan fingerprint density at radius 1 is 0.905 bits per heavy atom. The molecule has 0 amide bonds. The second-order valence-corrected chi connectivity index (χ2v) is 5.01. The van der Waals surface area contributed by atoms with Gasteiger partial charge >= 0.3 is 6.48 Å². The van der Waals surface area contributed by atoms with E-state index in [4.69, 9.17) is 23.7 Å². The SMILES string of the molecule is CCOC(OC)Oc1cccc(OC(C)C)c1OC(C)C. The highest BCUT2D eigenvalue weighted by Gasteiger charge is 2.18. The predicted molar refractivity (Wildman–Crippen MR) is 81.0 cm³/mol. The molecule has 120 valence electrons. The van der Waals surface area contributed by atoms with Gasteiger partial charge in [0.25, 0.3) is 0 Å². The van der Waals surface area contributed by atoms with Crippen LogP contribution < -0.4 is 14.2 Å². The third-order valence-corrected chi connectivity index (χ3v) is 2.38. The molecule has 1 rings (SSSR count). The monoisotopic (exact) mass is 298 g/mol. The average Bonchev–Trinajstić information content (AvgIpc) is 2.40. The normalized spacial score (nSPS) is 12.6. The van der Waals surface area contributed by atoms with Gasteiger partial charge in [0.2, 0.25) is 5.75 Å². The standard InChI is InChI=1S/C16H26O5/c1-7-18-16(17-6)21-14-10-8-9-13(19-11(2)3)15(14)20-12(4)5/h8-12,16H,7H2,1-6H3. The molecule has 0 radical (unpaired) electrons. The van der Waals surface area contributed by atoms with Crippen LogP contribution in [0, 0.1) is 0 Å². The summed E-state index contributed by atoms with van der Waals surface area (Å²) in [6.07, 6.45) is 0.0391. The maximum atomic E-state index is 5.84. The first-order valence-electron chi connectivity index (χ1n) is 7.25. The van der Waals surface area contributed by atoms with E-state index in [1.807, 2.05) is 46.8 Å². The summed E-state index contributed by atoms with van der Waals surface area (Å²) in [5.41, 5.74) is 0. The Morgan fingerprint density at radius 3 is 1.95 bits per heavy atom. The second kappa shape index (κ2) is 8.74. The molecule has 5 heteroatoms. The fourth-order valence-corrected chi connectivity index (χ4v) is 1.68. The summed E-state index contributed by atoms with van der Waals surface area (Å²) in [5, 5.41) is 0. The quantitative estimate of drug-likeness (QED) is 0.652. The van der Waals surface area contributed by atoms with Crippen LogP contribution in [-0.2, 0) is 9.47 Å². The van der Waals surface area contributed by atoms with E-state index in [0.29, 0.717) is 23.9 Å². The van der Waals surface area contributed by atoms with Gasteiger partial charge < -0.3 is 23.7 Å². The molecule has 5 nitrogen and oxygen atoms in total. The summed E-state index contributed by atoms with van der Waals surface area (Å²) in [6.45, 7) is 9.41. The van der Waals surface area contributed by atoms with Crippen LogP contribution in [0.4, 0.5) is 0 Å². The summed E-state index contributed by atoms with van der Waals surface area (Å²) >= 11 is 0. The molecule has 0 saturated carbocycles. The van der Waals surface area contributed by atoms with E-state index in [1.165, 1.54) is 7.11 Å². The number of benzene rings is 1. The van der Waals surface area contributed by atoms with Crippen molar-refractivity contribution in [3.05, 3.63) is 18.2 Å². The van der Waals surface area contributed by atoms with E-state index in [1.54, 1.807) is 6.07 Å². The highest BCUT2D eigenvalue weighted by atomic mass is 16.8. The van der Waals surface area contributed by atoms with Crippen molar-refractivity contribution in [3.63, 3.8) is 0 Å². The molecule has 0 bridgehead atoms. The summed E-state index contributed by atoms with van der Waals surface area (Å²) in [4.78, 5) is 0. The Labute approximate surface area is 127 Å². The lowest BCUT2D eigenvalue weighted by molar-refractivity contribution is -0.231. The Kier molecular flexibility index (Phi) is 7.32. The summed E-state index contributed by atoms with van der Waals surface area (Å²) in [5.74, 6) is 1.73. The van der Waals surface area contributed by atoms with Crippen LogP contribution in [-0.4, -0.2) is 32.4 Å². The third kappa shape index (κ3) is 5.81. The molecular weight excluding hydrogens is 272 g/mol. The molecule has 1 atom stereocenters. The van der Waals surface area contributed by atoms with Gasteiger partial charge in [-0.15, -0.1) is 0 Å². The second-order valence-electron chi connectivity index (χ2n) is 5.01. The first kappa shape index (κ1) is 17.6. The van der Waals surface area contributed by atoms with Crippen molar-refractivity contribution < 1.29 is 23.7 Å². The van der Waals surface area contributed by atoms with E-state index in [2.05, 4.69) is 0 Å². The third-order valence-electron chi connectivity index (χ3n) is 2.38. The fourth-order valence-electron chi connectivity index (χ4n) is 1.68. The topological polar surface area (TPSA) is 46.2 Å². The Hall–Kier alpha value is -1.46. The van der Waals surface area contributed by atoms with Crippen LogP contribution in [0.25, 0.3) is 0 Å². The van der Waals surface area contributed by atoms with Crippen molar-refractivity contribution >= 4 is 0 Å². The molecule has 21 heavy (non-hydrogen) atoms. The molecule has 0 aromatic heterocycles. The number of hydrogen-bond acceptors (Lipinski definition) is 5. The molecule has 0 aliphatic rings. The van der Waals surface area contributed by atoms with Gasteiger partial charge in [0, 0.05) is 7.11 Å². The zero-order chi connectivity index (χ0) is 15.8. The molecule has 0 spiro atoms. The van der Waals surface area contributed by atoms with Crippen molar-refractivity contribution in [2.75, 3.05) is 13.7 Å². The minimum absolute atomic E-state index is 0.00245. The lowest BCUT2D eigenvalue weighted by Gasteiger charge is -2.22. The zero-order valence-electron chi connectivity index (χ0n) is 13.7. The minimum atomic E-state index is -0.779. The van der Waals surface area contributed by atoms with Crippen LogP contribution in [0.15, 0.2) is 18.2 Å². The number of rotatable bonds is 9. The summed E-state index contributed by atoms with van der Waals surface area (Å²) in [7, 11) is 1.53. The van der Waals surface area contributed by atoms with Crippen LogP contribution in [0.3, 0.4) is 0 Å². The van der Waals surface area contributed by atoms with E-state index < -0.39 is 6.48 Å². The number of hydrogen-bond donors (Lipinski definition) is 0. The van der Waals surface area contributed by atoms with Gasteiger partial charge in [0.1, 0.15) is 0 Å². The Morgan fingerprint density at radius 2 is 1.48 bits per heavy atom. The average molecular weight is 298 g/mol. The maximum Gasteiger partial charge on any atom is 0.315 e. The maximum absolute atomic E-state index is 5.84. The number of methoxy groups -OCH3 is 1. The molecule has 0 aliphatic heterocycles. The first-order chi connectivity index (χ1) is 9.97. The van der Waals surface area contributed by atoms with E-state index in [9.17, 15) is 0 Å². The molecule has 1 aromatic rings. The van der Waals surface area contributed by atoms with Gasteiger partial charge in [0.05, 0.1) is 18.8 Å². The van der Waals surface area contributed by atoms with Gasteiger partial charge in [-0.1, -0.05) is 6.07 Å². The Bertz CT molecular complexity index is 417. The van der Waals surface area contributed by atoms with Crippen molar-refractivity contribution in [1.82, 2.24) is 0 Å². The van der Waals surface area contributed by atoms with Crippen molar-refractivity contribution in [3.8, 4) is 17.2 Å². The molecule has 0 heterocycles. The van der Waals surface area contributed by atoms with E-state index in [-0.39, 0.29) is 12.2 Å². The van der Waals surface area contributed by atoms with E-state index in [0.717, 1.165) is 0 Å². The molecule has 0 saturated heterocycles. The van der Waals surface area contributed by atoms with Crippen molar-refractivity contribution in [2.45, 2.75) is 53.3 Å². The highest BCUT2D eigenvalue weighted by Crippen LogP contribution is 2.39. The smallest absolute Gasteiger partial charge is 0.315 e.